The summed E-state index contributed by atoms with van der Waals surface area (Å²) in [6.07, 6.45) is 4.18. The third kappa shape index (κ3) is 2.70. The van der Waals surface area contributed by atoms with Crippen molar-refractivity contribution in [3.05, 3.63) is 24.2 Å². The monoisotopic (exact) mass is 272 g/mol. The fraction of sp³-hybridized carbons (Fsp3) is 0.625. The average Bonchev–Trinajstić information content (AvgIpc) is 2.95. The topological polar surface area (TPSA) is 34.0 Å². The largest absolute Gasteiger partial charge is 0.312 e. The minimum atomic E-state index is 0.622. The fourth-order valence-corrected chi connectivity index (χ4v) is 3.15. The Kier molecular flexibility index (Phi) is 3.74. The van der Waals surface area contributed by atoms with Crippen molar-refractivity contribution in [3.8, 4) is 0 Å². The van der Waals surface area contributed by atoms with E-state index in [0.717, 1.165) is 30.0 Å². The number of aromatic nitrogens is 3. The van der Waals surface area contributed by atoms with E-state index < -0.39 is 0 Å². The summed E-state index contributed by atoms with van der Waals surface area (Å²) >= 11 is 0. The first-order valence-corrected chi connectivity index (χ1v) is 7.62. The van der Waals surface area contributed by atoms with Crippen LogP contribution < -0.4 is 0 Å². The number of imidazole rings is 1. The lowest BCUT2D eigenvalue weighted by Gasteiger charge is -2.15. The van der Waals surface area contributed by atoms with Gasteiger partial charge in [-0.1, -0.05) is 13.8 Å². The summed E-state index contributed by atoms with van der Waals surface area (Å²) < 4.78 is 2.36. The molecule has 2 aromatic rings. The molecule has 3 rings (SSSR count). The Morgan fingerprint density at radius 3 is 2.95 bits per heavy atom. The summed E-state index contributed by atoms with van der Waals surface area (Å²) in [6.45, 7) is 7.96. The van der Waals surface area contributed by atoms with Gasteiger partial charge in [0, 0.05) is 25.7 Å². The minimum absolute atomic E-state index is 0.622. The van der Waals surface area contributed by atoms with Gasteiger partial charge in [0.2, 0.25) is 0 Å². The highest BCUT2D eigenvalue weighted by molar-refractivity contribution is 5.71. The Morgan fingerprint density at radius 2 is 2.25 bits per heavy atom. The summed E-state index contributed by atoms with van der Waals surface area (Å²) in [5.41, 5.74) is 2.09. The second-order valence-electron chi connectivity index (χ2n) is 6.50. The van der Waals surface area contributed by atoms with Gasteiger partial charge in [0.1, 0.15) is 11.3 Å². The van der Waals surface area contributed by atoms with Gasteiger partial charge in [-0.15, -0.1) is 0 Å². The SMILES string of the molecule is CC(C)Cc1nc2cccnc2n1CC1CCN(C)C1. The molecule has 1 saturated heterocycles. The van der Waals surface area contributed by atoms with Crippen molar-refractivity contribution < 1.29 is 0 Å². The number of pyridine rings is 1. The molecule has 1 aliphatic rings. The molecule has 0 amide bonds. The molecule has 1 atom stereocenters. The lowest BCUT2D eigenvalue weighted by molar-refractivity contribution is 0.376. The highest BCUT2D eigenvalue weighted by Crippen LogP contribution is 2.22. The molecule has 0 aromatic carbocycles. The zero-order valence-corrected chi connectivity index (χ0v) is 12.7. The van der Waals surface area contributed by atoms with Gasteiger partial charge in [0.15, 0.2) is 5.65 Å². The standard InChI is InChI=1S/C16H24N4/c1-12(2)9-15-18-14-5-4-7-17-16(14)20(15)11-13-6-8-19(3)10-13/h4-5,7,12-13H,6,8-11H2,1-3H3. The smallest absolute Gasteiger partial charge is 0.159 e. The molecule has 1 unspecified atom stereocenters. The van der Waals surface area contributed by atoms with Crippen molar-refractivity contribution in [3.63, 3.8) is 0 Å². The van der Waals surface area contributed by atoms with Crippen molar-refractivity contribution in [2.75, 3.05) is 20.1 Å². The number of rotatable bonds is 4. The maximum atomic E-state index is 4.80. The van der Waals surface area contributed by atoms with E-state index in [1.165, 1.54) is 25.3 Å². The van der Waals surface area contributed by atoms with Crippen LogP contribution in [0.15, 0.2) is 18.3 Å². The molecule has 1 aliphatic heterocycles. The minimum Gasteiger partial charge on any atom is -0.312 e. The van der Waals surface area contributed by atoms with Gasteiger partial charge in [-0.05, 0) is 44.0 Å². The Bertz CT molecular complexity index is 587. The van der Waals surface area contributed by atoms with Gasteiger partial charge in [-0.3, -0.25) is 0 Å². The van der Waals surface area contributed by atoms with E-state index in [2.05, 4.69) is 41.4 Å². The first kappa shape index (κ1) is 13.6. The summed E-state index contributed by atoms with van der Waals surface area (Å²) in [5.74, 6) is 2.55. The van der Waals surface area contributed by atoms with E-state index in [1.54, 1.807) is 0 Å². The van der Waals surface area contributed by atoms with E-state index in [1.807, 2.05) is 12.3 Å². The second kappa shape index (κ2) is 5.52. The van der Waals surface area contributed by atoms with Crippen LogP contribution in [0.25, 0.3) is 11.2 Å². The lowest BCUT2D eigenvalue weighted by atomic mass is 10.1. The molecule has 0 saturated carbocycles. The van der Waals surface area contributed by atoms with Gasteiger partial charge < -0.3 is 9.47 Å². The van der Waals surface area contributed by atoms with Crippen LogP contribution in [0.2, 0.25) is 0 Å². The van der Waals surface area contributed by atoms with Gasteiger partial charge in [-0.2, -0.15) is 0 Å². The lowest BCUT2D eigenvalue weighted by Crippen LogP contribution is -2.18. The Labute approximate surface area is 120 Å². The molecule has 0 radical (unpaired) electrons. The van der Waals surface area contributed by atoms with Crippen LogP contribution in [0.1, 0.15) is 26.1 Å². The average molecular weight is 272 g/mol. The summed E-state index contributed by atoms with van der Waals surface area (Å²) in [4.78, 5) is 11.8. The van der Waals surface area contributed by atoms with Crippen molar-refractivity contribution in [2.24, 2.45) is 11.8 Å². The number of likely N-dealkylation sites (tertiary alicyclic amines) is 1. The first-order chi connectivity index (χ1) is 9.63. The Morgan fingerprint density at radius 1 is 1.40 bits per heavy atom. The van der Waals surface area contributed by atoms with Crippen LogP contribution >= 0.6 is 0 Å². The van der Waals surface area contributed by atoms with Crippen LogP contribution in [0.5, 0.6) is 0 Å². The summed E-state index contributed by atoms with van der Waals surface area (Å²) in [7, 11) is 2.21. The zero-order chi connectivity index (χ0) is 14.1. The molecule has 0 bridgehead atoms. The van der Waals surface area contributed by atoms with Crippen LogP contribution in [0.3, 0.4) is 0 Å². The Hall–Kier alpha value is -1.42. The molecule has 0 spiro atoms. The van der Waals surface area contributed by atoms with E-state index in [9.17, 15) is 0 Å². The van der Waals surface area contributed by atoms with Crippen molar-refractivity contribution in [2.45, 2.75) is 33.2 Å². The predicted octanol–water partition coefficient (Wildman–Crippen LogP) is 2.58. The zero-order valence-electron chi connectivity index (χ0n) is 12.7. The number of nitrogens with zero attached hydrogens (tertiary/aromatic N) is 4. The summed E-state index contributed by atoms with van der Waals surface area (Å²) in [5, 5.41) is 0. The van der Waals surface area contributed by atoms with Crippen molar-refractivity contribution in [1.29, 1.82) is 0 Å². The predicted molar refractivity (Wildman–Crippen MR) is 81.7 cm³/mol. The van der Waals surface area contributed by atoms with E-state index >= 15 is 0 Å². The van der Waals surface area contributed by atoms with Crippen LogP contribution in [0, 0.1) is 11.8 Å². The third-order valence-electron chi connectivity index (χ3n) is 4.10. The van der Waals surface area contributed by atoms with Crippen LogP contribution in [-0.4, -0.2) is 39.6 Å². The molecule has 0 N–H and O–H groups in total. The fourth-order valence-electron chi connectivity index (χ4n) is 3.15. The highest BCUT2D eigenvalue weighted by Gasteiger charge is 2.22. The van der Waals surface area contributed by atoms with E-state index in [0.29, 0.717) is 5.92 Å². The van der Waals surface area contributed by atoms with Gasteiger partial charge in [0.05, 0.1) is 0 Å². The Balaban J connectivity index is 1.93. The van der Waals surface area contributed by atoms with Gasteiger partial charge >= 0.3 is 0 Å². The summed E-state index contributed by atoms with van der Waals surface area (Å²) in [6, 6.07) is 4.05. The van der Waals surface area contributed by atoms with Gasteiger partial charge in [0.25, 0.3) is 0 Å². The molecular formula is C16H24N4. The molecular weight excluding hydrogens is 248 g/mol. The maximum Gasteiger partial charge on any atom is 0.159 e. The second-order valence-corrected chi connectivity index (χ2v) is 6.50. The quantitative estimate of drug-likeness (QED) is 0.858. The molecule has 20 heavy (non-hydrogen) atoms. The maximum absolute atomic E-state index is 4.80. The van der Waals surface area contributed by atoms with Crippen molar-refractivity contribution >= 4 is 11.2 Å². The molecule has 0 aliphatic carbocycles. The molecule has 4 nitrogen and oxygen atoms in total. The first-order valence-electron chi connectivity index (χ1n) is 7.62. The van der Waals surface area contributed by atoms with Gasteiger partial charge in [-0.25, -0.2) is 9.97 Å². The number of fused-ring (bicyclic) bond motifs is 1. The van der Waals surface area contributed by atoms with E-state index in [-0.39, 0.29) is 0 Å². The molecule has 2 aromatic heterocycles. The molecule has 1 fully saturated rings. The number of hydrogen-bond acceptors (Lipinski definition) is 3. The molecule has 4 heteroatoms. The number of hydrogen-bond donors (Lipinski definition) is 0. The molecule has 108 valence electrons. The van der Waals surface area contributed by atoms with E-state index in [4.69, 9.17) is 4.98 Å². The van der Waals surface area contributed by atoms with Crippen molar-refractivity contribution in [1.82, 2.24) is 19.4 Å². The third-order valence-corrected chi connectivity index (χ3v) is 4.10. The van der Waals surface area contributed by atoms with Crippen LogP contribution in [0.4, 0.5) is 0 Å². The highest BCUT2D eigenvalue weighted by atomic mass is 15.2. The molecule has 3 heterocycles. The van der Waals surface area contributed by atoms with Crippen LogP contribution in [-0.2, 0) is 13.0 Å². The normalized spacial score (nSPS) is 20.3.